The first-order chi connectivity index (χ1) is 7.31. The van der Waals surface area contributed by atoms with E-state index in [0.29, 0.717) is 13.0 Å². The fraction of sp³-hybridized carbons (Fsp3) is 0.417. The maximum absolute atomic E-state index is 11.5. The van der Waals surface area contributed by atoms with Crippen molar-refractivity contribution in [1.82, 2.24) is 0 Å². The van der Waals surface area contributed by atoms with Gasteiger partial charge in [-0.05, 0) is 31.4 Å². The van der Waals surface area contributed by atoms with E-state index in [1.165, 1.54) is 0 Å². The number of benzene rings is 1. The number of para-hydroxylation sites is 1. The van der Waals surface area contributed by atoms with Gasteiger partial charge < -0.3 is 9.47 Å². The van der Waals surface area contributed by atoms with Crippen molar-refractivity contribution >= 4 is 5.97 Å². The summed E-state index contributed by atoms with van der Waals surface area (Å²) in [5, 5.41) is 0. The summed E-state index contributed by atoms with van der Waals surface area (Å²) in [7, 11) is 0. The van der Waals surface area contributed by atoms with Gasteiger partial charge >= 0.3 is 5.97 Å². The van der Waals surface area contributed by atoms with Crippen molar-refractivity contribution in [2.24, 2.45) is 0 Å². The van der Waals surface area contributed by atoms with Gasteiger partial charge in [-0.3, -0.25) is 0 Å². The van der Waals surface area contributed by atoms with Crippen LogP contribution >= 0.6 is 0 Å². The van der Waals surface area contributed by atoms with Crippen LogP contribution < -0.4 is 4.74 Å². The van der Waals surface area contributed by atoms with Gasteiger partial charge in [0.1, 0.15) is 5.75 Å². The molecule has 1 aromatic carbocycles. The van der Waals surface area contributed by atoms with E-state index < -0.39 is 6.10 Å². The van der Waals surface area contributed by atoms with Crippen LogP contribution in [0.15, 0.2) is 24.3 Å². The first kappa shape index (κ1) is 10.0. The van der Waals surface area contributed by atoms with Gasteiger partial charge in [-0.1, -0.05) is 18.2 Å². The molecule has 0 saturated heterocycles. The van der Waals surface area contributed by atoms with Crippen LogP contribution in [0.5, 0.6) is 5.75 Å². The lowest BCUT2D eigenvalue weighted by Gasteiger charge is -2.24. The van der Waals surface area contributed by atoms with Crippen LogP contribution in [0.1, 0.15) is 18.9 Å². The van der Waals surface area contributed by atoms with Gasteiger partial charge in [-0.15, -0.1) is 0 Å². The number of hydrogen-bond donors (Lipinski definition) is 0. The molecule has 0 radical (unpaired) electrons. The molecule has 1 aliphatic heterocycles. The van der Waals surface area contributed by atoms with Crippen molar-refractivity contribution in [3.8, 4) is 5.75 Å². The Balaban J connectivity index is 2.08. The lowest BCUT2D eigenvalue weighted by Crippen LogP contribution is -2.32. The molecule has 15 heavy (non-hydrogen) atoms. The molecule has 3 nitrogen and oxygen atoms in total. The molecular formula is C12H14O3. The molecule has 80 valence electrons. The maximum Gasteiger partial charge on any atom is 0.347 e. The van der Waals surface area contributed by atoms with Crippen LogP contribution in [-0.4, -0.2) is 18.7 Å². The van der Waals surface area contributed by atoms with Gasteiger partial charge in [0.15, 0.2) is 6.10 Å². The summed E-state index contributed by atoms with van der Waals surface area (Å²) in [6, 6.07) is 7.80. The number of fused-ring (bicyclic) bond motifs is 1. The number of carbonyl (C=O) groups excluding carboxylic acids is 1. The fourth-order valence-corrected chi connectivity index (χ4v) is 1.73. The third kappa shape index (κ3) is 2.12. The van der Waals surface area contributed by atoms with Gasteiger partial charge in [0.05, 0.1) is 6.61 Å². The molecule has 0 aromatic heterocycles. The van der Waals surface area contributed by atoms with Crippen LogP contribution in [0.3, 0.4) is 0 Å². The first-order valence-corrected chi connectivity index (χ1v) is 5.22. The van der Waals surface area contributed by atoms with Gasteiger partial charge in [0.25, 0.3) is 0 Å². The maximum atomic E-state index is 11.5. The highest BCUT2D eigenvalue weighted by Crippen LogP contribution is 2.27. The van der Waals surface area contributed by atoms with E-state index in [1.54, 1.807) is 6.92 Å². The molecule has 0 aliphatic carbocycles. The normalized spacial score (nSPS) is 18.9. The summed E-state index contributed by atoms with van der Waals surface area (Å²) in [5.41, 5.74) is 1.16. The smallest absolute Gasteiger partial charge is 0.347 e. The number of carbonyl (C=O) groups is 1. The summed E-state index contributed by atoms with van der Waals surface area (Å²) in [5.74, 6) is 0.550. The Hall–Kier alpha value is -1.51. The first-order valence-electron chi connectivity index (χ1n) is 5.22. The highest BCUT2D eigenvalue weighted by Gasteiger charge is 2.26. The van der Waals surface area contributed by atoms with Gasteiger partial charge in [0.2, 0.25) is 0 Å². The van der Waals surface area contributed by atoms with Crippen LogP contribution in [0, 0.1) is 0 Å². The van der Waals surface area contributed by atoms with Gasteiger partial charge in [-0.25, -0.2) is 4.79 Å². The molecule has 0 saturated carbocycles. The van der Waals surface area contributed by atoms with E-state index in [1.807, 2.05) is 24.3 Å². The molecule has 1 aromatic rings. The van der Waals surface area contributed by atoms with Crippen molar-refractivity contribution in [2.45, 2.75) is 25.9 Å². The molecular weight excluding hydrogens is 192 g/mol. The largest absolute Gasteiger partial charge is 0.478 e. The molecule has 0 amide bonds. The summed E-state index contributed by atoms with van der Waals surface area (Å²) >= 11 is 0. The van der Waals surface area contributed by atoms with Crippen LogP contribution in [-0.2, 0) is 16.0 Å². The van der Waals surface area contributed by atoms with Crippen LogP contribution in [0.4, 0.5) is 0 Å². The predicted octanol–water partition coefficient (Wildman–Crippen LogP) is 1.94. The molecule has 1 heterocycles. The zero-order chi connectivity index (χ0) is 10.7. The van der Waals surface area contributed by atoms with E-state index in [4.69, 9.17) is 9.47 Å². The second-order valence-electron chi connectivity index (χ2n) is 3.50. The molecule has 1 aliphatic rings. The number of esters is 1. The third-order valence-electron chi connectivity index (χ3n) is 2.47. The molecule has 1 atom stereocenters. The van der Waals surface area contributed by atoms with Crippen molar-refractivity contribution in [3.05, 3.63) is 29.8 Å². The quantitative estimate of drug-likeness (QED) is 0.694. The van der Waals surface area contributed by atoms with E-state index in [2.05, 4.69) is 0 Å². The molecule has 0 N–H and O–H groups in total. The van der Waals surface area contributed by atoms with Crippen molar-refractivity contribution in [1.29, 1.82) is 0 Å². The molecule has 0 spiro atoms. The Kier molecular flexibility index (Phi) is 2.90. The zero-order valence-corrected chi connectivity index (χ0v) is 8.73. The van der Waals surface area contributed by atoms with Crippen molar-refractivity contribution in [3.63, 3.8) is 0 Å². The van der Waals surface area contributed by atoms with E-state index in [0.717, 1.165) is 17.7 Å². The Bertz CT molecular complexity index is 360. The van der Waals surface area contributed by atoms with Crippen LogP contribution in [0.2, 0.25) is 0 Å². The second-order valence-corrected chi connectivity index (χ2v) is 3.50. The second kappa shape index (κ2) is 4.34. The summed E-state index contributed by atoms with van der Waals surface area (Å²) in [6.07, 6.45) is 1.15. The molecule has 0 bridgehead atoms. The van der Waals surface area contributed by atoms with E-state index in [9.17, 15) is 4.79 Å². The fourth-order valence-electron chi connectivity index (χ4n) is 1.73. The molecule has 3 heteroatoms. The minimum Gasteiger partial charge on any atom is -0.478 e. The highest BCUT2D eigenvalue weighted by molar-refractivity contribution is 5.75. The standard InChI is InChI=1S/C12H14O3/c1-2-14-12(13)11-8-7-9-5-3-4-6-10(9)15-11/h3-6,11H,2,7-8H2,1H3/t11-/m1/s1. The Morgan fingerprint density at radius 3 is 3.13 bits per heavy atom. The highest BCUT2D eigenvalue weighted by atomic mass is 16.6. The zero-order valence-electron chi connectivity index (χ0n) is 8.73. The molecule has 0 unspecified atom stereocenters. The van der Waals surface area contributed by atoms with Crippen molar-refractivity contribution in [2.75, 3.05) is 6.61 Å². The van der Waals surface area contributed by atoms with Crippen LogP contribution in [0.25, 0.3) is 0 Å². The van der Waals surface area contributed by atoms with E-state index in [-0.39, 0.29) is 5.97 Å². The Labute approximate surface area is 89.0 Å². The van der Waals surface area contributed by atoms with Gasteiger partial charge in [0, 0.05) is 0 Å². The van der Waals surface area contributed by atoms with Gasteiger partial charge in [-0.2, -0.15) is 0 Å². The number of hydrogen-bond acceptors (Lipinski definition) is 3. The lowest BCUT2D eigenvalue weighted by molar-refractivity contribution is -0.152. The minimum atomic E-state index is -0.431. The average molecular weight is 206 g/mol. The number of rotatable bonds is 2. The Morgan fingerprint density at radius 1 is 1.53 bits per heavy atom. The predicted molar refractivity (Wildman–Crippen MR) is 55.8 cm³/mol. The summed E-state index contributed by atoms with van der Waals surface area (Å²) in [4.78, 5) is 11.5. The molecule has 0 fully saturated rings. The third-order valence-corrected chi connectivity index (χ3v) is 2.47. The monoisotopic (exact) mass is 206 g/mol. The minimum absolute atomic E-state index is 0.257. The summed E-state index contributed by atoms with van der Waals surface area (Å²) < 4.78 is 10.5. The average Bonchev–Trinajstić information content (AvgIpc) is 2.29. The van der Waals surface area contributed by atoms with E-state index >= 15 is 0 Å². The van der Waals surface area contributed by atoms with Crippen molar-refractivity contribution < 1.29 is 14.3 Å². The topological polar surface area (TPSA) is 35.5 Å². The SMILES string of the molecule is CCOC(=O)[C@H]1CCc2ccccc2O1. The molecule has 2 rings (SSSR count). The summed E-state index contributed by atoms with van der Waals surface area (Å²) in [6.45, 7) is 2.20. The number of aryl methyl sites for hydroxylation is 1. The lowest BCUT2D eigenvalue weighted by atomic mass is 10.0. The number of ether oxygens (including phenoxy) is 2. The Morgan fingerprint density at radius 2 is 2.33 bits per heavy atom.